The van der Waals surface area contributed by atoms with Crippen molar-refractivity contribution in [3.05, 3.63) is 70.3 Å². The summed E-state index contributed by atoms with van der Waals surface area (Å²) in [7, 11) is 0. The molecule has 1 aliphatic rings. The second kappa shape index (κ2) is 10.1. The Balaban J connectivity index is 2.29. The van der Waals surface area contributed by atoms with Gasteiger partial charge in [0.15, 0.2) is 0 Å². The van der Waals surface area contributed by atoms with Gasteiger partial charge in [-0.1, -0.05) is 48.0 Å². The molecule has 0 saturated carbocycles. The molecule has 2 atom stereocenters. The molecule has 152 valence electrons. The highest BCUT2D eigenvalue weighted by molar-refractivity contribution is 6.30. The fraction of sp³-hybridized carbons (Fsp3) is 0.435. The van der Waals surface area contributed by atoms with Crippen LogP contribution in [0.5, 0.6) is 0 Å². The number of carbonyl (C=O) groups excluding carboxylic acids is 1. The molecular formula is C23H30ClNO3. The van der Waals surface area contributed by atoms with Crippen LogP contribution in [0.25, 0.3) is 0 Å². The van der Waals surface area contributed by atoms with Crippen molar-refractivity contribution in [2.24, 2.45) is 0 Å². The van der Waals surface area contributed by atoms with E-state index in [0.717, 1.165) is 23.1 Å². The summed E-state index contributed by atoms with van der Waals surface area (Å²) in [6.45, 7) is 7.42. The van der Waals surface area contributed by atoms with Gasteiger partial charge in [0.05, 0.1) is 19.1 Å². The zero-order valence-electron chi connectivity index (χ0n) is 17.0. The summed E-state index contributed by atoms with van der Waals surface area (Å²) in [6.07, 6.45) is 11.1. The van der Waals surface area contributed by atoms with Crippen molar-refractivity contribution in [2.75, 3.05) is 6.61 Å². The van der Waals surface area contributed by atoms with Gasteiger partial charge in [0.1, 0.15) is 5.60 Å². The predicted octanol–water partition coefficient (Wildman–Crippen LogP) is 4.81. The third-order valence-electron chi connectivity index (χ3n) is 4.25. The van der Waals surface area contributed by atoms with Crippen molar-refractivity contribution in [3.8, 4) is 0 Å². The van der Waals surface area contributed by atoms with Gasteiger partial charge in [0.25, 0.3) is 0 Å². The zero-order chi connectivity index (χ0) is 20.7. The van der Waals surface area contributed by atoms with Crippen LogP contribution in [0.1, 0.15) is 50.8 Å². The average Bonchev–Trinajstić information content (AvgIpc) is 2.85. The van der Waals surface area contributed by atoms with Crippen LogP contribution in [0.4, 0.5) is 0 Å². The first kappa shape index (κ1) is 22.4. The number of carbonyl (C=O) groups is 1. The Morgan fingerprint density at radius 2 is 2.00 bits per heavy atom. The zero-order valence-corrected chi connectivity index (χ0v) is 17.8. The molecule has 0 aromatic heterocycles. The monoisotopic (exact) mass is 403 g/mol. The fourth-order valence-electron chi connectivity index (χ4n) is 3.11. The third-order valence-corrected chi connectivity index (χ3v) is 4.47. The van der Waals surface area contributed by atoms with Crippen LogP contribution in [0.2, 0.25) is 5.02 Å². The Morgan fingerprint density at radius 1 is 1.25 bits per heavy atom. The molecule has 0 bridgehead atoms. The molecular weight excluding hydrogens is 374 g/mol. The van der Waals surface area contributed by atoms with Gasteiger partial charge in [-0.15, -0.1) is 0 Å². The third kappa shape index (κ3) is 7.27. The van der Waals surface area contributed by atoms with Crippen molar-refractivity contribution in [1.82, 2.24) is 5.32 Å². The molecule has 5 heteroatoms. The van der Waals surface area contributed by atoms with E-state index in [1.54, 1.807) is 0 Å². The van der Waals surface area contributed by atoms with Gasteiger partial charge in [-0.05, 0) is 62.9 Å². The second-order valence-corrected chi connectivity index (χ2v) is 8.48. The van der Waals surface area contributed by atoms with Crippen LogP contribution in [-0.2, 0) is 9.53 Å². The number of nitrogens with one attached hydrogen (secondary N) is 1. The molecule has 2 N–H and O–H groups in total. The average molecular weight is 404 g/mol. The van der Waals surface area contributed by atoms with Crippen molar-refractivity contribution in [1.29, 1.82) is 0 Å². The lowest BCUT2D eigenvalue weighted by Gasteiger charge is -2.27. The molecule has 0 radical (unpaired) electrons. The molecule has 28 heavy (non-hydrogen) atoms. The Kier molecular flexibility index (Phi) is 8.05. The maximum Gasteiger partial charge on any atom is 0.308 e. The molecule has 1 aromatic rings. The normalized spacial score (nSPS) is 16.3. The number of halogens is 1. The molecule has 1 aliphatic carbocycles. The topological polar surface area (TPSA) is 58.6 Å². The summed E-state index contributed by atoms with van der Waals surface area (Å²) < 4.78 is 5.52. The number of hydrogen-bond donors (Lipinski definition) is 2. The largest absolute Gasteiger partial charge is 0.460 e. The Hall–Kier alpha value is -1.88. The van der Waals surface area contributed by atoms with E-state index < -0.39 is 5.60 Å². The molecule has 1 unspecified atom stereocenters. The molecule has 0 heterocycles. The molecule has 2 rings (SSSR count). The number of aliphatic hydroxyl groups is 1. The summed E-state index contributed by atoms with van der Waals surface area (Å²) in [5.41, 5.74) is 2.31. The minimum atomic E-state index is -0.556. The molecule has 1 aromatic carbocycles. The van der Waals surface area contributed by atoms with Crippen molar-refractivity contribution in [2.45, 2.75) is 58.2 Å². The van der Waals surface area contributed by atoms with E-state index in [-0.39, 0.29) is 31.1 Å². The van der Waals surface area contributed by atoms with Gasteiger partial charge >= 0.3 is 5.97 Å². The molecule has 0 aliphatic heterocycles. The maximum absolute atomic E-state index is 12.5. The molecule has 0 spiro atoms. The number of hydrogen-bond acceptors (Lipinski definition) is 4. The maximum atomic E-state index is 12.5. The molecule has 4 nitrogen and oxygen atoms in total. The number of rotatable bonds is 7. The lowest BCUT2D eigenvalue weighted by atomic mass is 9.98. The lowest BCUT2D eigenvalue weighted by molar-refractivity contribution is -0.155. The minimum Gasteiger partial charge on any atom is -0.460 e. The minimum absolute atomic E-state index is 0.0889. The summed E-state index contributed by atoms with van der Waals surface area (Å²) in [6, 6.07) is 5.07. The standard InChI is InChI=1S/C23H30ClNO3/c1-16-11-18(13-19(24)12-16)20(14-22(27)28-23(2,3)4)25-21(15-26)17-9-7-5-6-8-10-17/h5,7-13,20-21,25-26H,6,14-15H2,1-4H3/t20-,21?/m0/s1. The van der Waals surface area contributed by atoms with E-state index in [0.29, 0.717) is 5.02 Å². The predicted molar refractivity (Wildman–Crippen MR) is 114 cm³/mol. The van der Waals surface area contributed by atoms with Gasteiger partial charge in [0, 0.05) is 11.1 Å². The summed E-state index contributed by atoms with van der Waals surface area (Å²) >= 11 is 6.25. The van der Waals surface area contributed by atoms with Crippen molar-refractivity contribution in [3.63, 3.8) is 0 Å². The van der Waals surface area contributed by atoms with E-state index in [1.807, 2.05) is 70.2 Å². The molecule has 0 fully saturated rings. The van der Waals surface area contributed by atoms with Crippen molar-refractivity contribution < 1.29 is 14.6 Å². The van der Waals surface area contributed by atoms with Crippen LogP contribution in [0.3, 0.4) is 0 Å². The van der Waals surface area contributed by atoms with Gasteiger partial charge in [-0.25, -0.2) is 0 Å². The van der Waals surface area contributed by atoms with E-state index in [2.05, 4.69) is 11.4 Å². The van der Waals surface area contributed by atoms with E-state index in [4.69, 9.17) is 16.3 Å². The second-order valence-electron chi connectivity index (χ2n) is 8.04. The fourth-order valence-corrected chi connectivity index (χ4v) is 3.41. The number of benzene rings is 1. The highest BCUT2D eigenvalue weighted by Gasteiger charge is 2.25. The van der Waals surface area contributed by atoms with Crippen LogP contribution >= 0.6 is 11.6 Å². The van der Waals surface area contributed by atoms with Crippen molar-refractivity contribution >= 4 is 17.6 Å². The van der Waals surface area contributed by atoms with Gasteiger partial charge < -0.3 is 15.2 Å². The first-order valence-corrected chi connectivity index (χ1v) is 9.95. The summed E-state index contributed by atoms with van der Waals surface area (Å²) in [5.74, 6) is -0.301. The number of allylic oxidation sites excluding steroid dienone is 4. The number of aliphatic hydroxyl groups excluding tert-OH is 1. The first-order valence-electron chi connectivity index (χ1n) is 9.57. The Morgan fingerprint density at radius 3 is 2.64 bits per heavy atom. The Labute approximate surface area is 172 Å². The lowest BCUT2D eigenvalue weighted by Crippen LogP contribution is -2.38. The quantitative estimate of drug-likeness (QED) is 0.641. The molecule has 0 amide bonds. The number of ether oxygens (including phenoxy) is 1. The van der Waals surface area contributed by atoms with Crippen LogP contribution in [-0.4, -0.2) is 29.3 Å². The summed E-state index contributed by atoms with van der Waals surface area (Å²) in [4.78, 5) is 12.5. The summed E-state index contributed by atoms with van der Waals surface area (Å²) in [5, 5.41) is 14.0. The smallest absolute Gasteiger partial charge is 0.308 e. The number of aryl methyl sites for hydroxylation is 1. The van der Waals surface area contributed by atoms with Gasteiger partial charge in [0.2, 0.25) is 0 Å². The van der Waals surface area contributed by atoms with Crippen LogP contribution in [0, 0.1) is 6.92 Å². The van der Waals surface area contributed by atoms with E-state index >= 15 is 0 Å². The van der Waals surface area contributed by atoms with Crippen LogP contribution in [0.15, 0.2) is 54.2 Å². The van der Waals surface area contributed by atoms with Gasteiger partial charge in [-0.3, -0.25) is 4.79 Å². The first-order chi connectivity index (χ1) is 13.2. The molecule has 0 saturated heterocycles. The number of esters is 1. The highest BCUT2D eigenvalue weighted by Crippen LogP contribution is 2.26. The highest BCUT2D eigenvalue weighted by atomic mass is 35.5. The van der Waals surface area contributed by atoms with E-state index in [9.17, 15) is 9.90 Å². The van der Waals surface area contributed by atoms with Crippen LogP contribution < -0.4 is 5.32 Å². The van der Waals surface area contributed by atoms with Gasteiger partial charge in [-0.2, -0.15) is 0 Å². The SMILES string of the molecule is Cc1cc(Cl)cc([C@H](CC(=O)OC(C)(C)C)NC(CO)C2=CC=CCC=C2)c1. The Bertz CT molecular complexity index is 754. The van der Waals surface area contributed by atoms with E-state index in [1.165, 1.54) is 0 Å².